The lowest BCUT2D eigenvalue weighted by Gasteiger charge is -2.35. The highest BCUT2D eigenvalue weighted by molar-refractivity contribution is 5.94. The first kappa shape index (κ1) is 22.9. The summed E-state index contributed by atoms with van der Waals surface area (Å²) in [5.41, 5.74) is 9.60. The van der Waals surface area contributed by atoms with Crippen LogP contribution in [0.3, 0.4) is 0 Å². The van der Waals surface area contributed by atoms with Crippen LogP contribution in [0.4, 0.5) is 11.5 Å². The lowest BCUT2D eigenvalue weighted by Crippen LogP contribution is -2.49. The Morgan fingerprint density at radius 3 is 2.29 bits per heavy atom. The van der Waals surface area contributed by atoms with E-state index < -0.39 is 0 Å². The molecular weight excluding hydrogens is 438 g/mol. The van der Waals surface area contributed by atoms with Gasteiger partial charge < -0.3 is 16.0 Å². The monoisotopic (exact) mass is 467 g/mol. The molecule has 35 heavy (non-hydrogen) atoms. The SMILES string of the molecule is NCc1ccc(NC(=O)CN2CCN(c3nnc(Cc4ccncc4)c4ccccc34)CC2)cc1. The van der Waals surface area contributed by atoms with Crippen LogP contribution in [0.1, 0.15) is 16.8 Å². The summed E-state index contributed by atoms with van der Waals surface area (Å²) in [5.74, 6) is 0.896. The minimum atomic E-state index is -0.00958. The van der Waals surface area contributed by atoms with Crippen LogP contribution in [0, 0.1) is 0 Å². The van der Waals surface area contributed by atoms with Crippen molar-refractivity contribution in [2.45, 2.75) is 13.0 Å². The molecule has 1 aliphatic rings. The molecule has 0 atom stereocenters. The minimum absolute atomic E-state index is 0.00958. The molecule has 1 saturated heterocycles. The number of rotatable bonds is 7. The van der Waals surface area contributed by atoms with Gasteiger partial charge in [-0.05, 0) is 35.4 Å². The van der Waals surface area contributed by atoms with Crippen molar-refractivity contribution in [3.8, 4) is 0 Å². The number of nitrogens with zero attached hydrogens (tertiary/aromatic N) is 5. The Balaban J connectivity index is 1.22. The Hall–Kier alpha value is -3.88. The summed E-state index contributed by atoms with van der Waals surface area (Å²) in [6, 6.07) is 20.0. The lowest BCUT2D eigenvalue weighted by atomic mass is 10.0. The topological polar surface area (TPSA) is 100 Å². The number of carbonyl (C=O) groups excluding carboxylic acids is 1. The molecule has 0 unspecified atom stereocenters. The fourth-order valence-electron chi connectivity index (χ4n) is 4.45. The number of nitrogens with one attached hydrogen (secondary N) is 1. The summed E-state index contributed by atoms with van der Waals surface area (Å²) in [7, 11) is 0. The third-order valence-corrected chi connectivity index (χ3v) is 6.38. The largest absolute Gasteiger partial charge is 0.352 e. The number of hydrogen-bond donors (Lipinski definition) is 2. The van der Waals surface area contributed by atoms with E-state index in [1.165, 1.54) is 0 Å². The predicted molar refractivity (Wildman–Crippen MR) is 138 cm³/mol. The van der Waals surface area contributed by atoms with E-state index in [1.54, 1.807) is 12.4 Å². The quantitative estimate of drug-likeness (QED) is 0.431. The zero-order valence-electron chi connectivity index (χ0n) is 19.6. The van der Waals surface area contributed by atoms with Gasteiger partial charge in [0.15, 0.2) is 5.82 Å². The van der Waals surface area contributed by atoms with Gasteiger partial charge in [-0.3, -0.25) is 14.7 Å². The first-order valence-corrected chi connectivity index (χ1v) is 11.9. The molecule has 178 valence electrons. The molecule has 2 aromatic carbocycles. The van der Waals surface area contributed by atoms with Crippen molar-refractivity contribution in [2.75, 3.05) is 42.9 Å². The normalized spacial score (nSPS) is 14.3. The van der Waals surface area contributed by atoms with Gasteiger partial charge >= 0.3 is 0 Å². The highest BCUT2D eigenvalue weighted by Gasteiger charge is 2.22. The molecule has 8 nitrogen and oxygen atoms in total. The third kappa shape index (κ3) is 5.45. The number of carbonyl (C=O) groups is 1. The van der Waals surface area contributed by atoms with E-state index >= 15 is 0 Å². The fraction of sp³-hybridized carbons (Fsp3) is 0.259. The number of nitrogens with two attached hydrogens (primary N) is 1. The summed E-state index contributed by atoms with van der Waals surface area (Å²) in [6.45, 7) is 4.01. The van der Waals surface area contributed by atoms with Crippen LogP contribution in [0.25, 0.3) is 10.8 Å². The van der Waals surface area contributed by atoms with E-state index in [0.29, 0.717) is 19.5 Å². The molecule has 0 aliphatic carbocycles. The average molecular weight is 468 g/mol. The molecular formula is C27H29N7O. The second-order valence-corrected chi connectivity index (χ2v) is 8.76. The standard InChI is InChI=1S/C27H29N7O/c28-18-21-5-7-22(8-6-21)30-26(35)19-33-13-15-34(16-14-33)27-24-4-2-1-3-23(24)25(31-32-27)17-20-9-11-29-12-10-20/h1-12H,13-19,28H2,(H,30,35). The van der Waals surface area contributed by atoms with E-state index in [4.69, 9.17) is 5.73 Å². The second-order valence-electron chi connectivity index (χ2n) is 8.76. The van der Waals surface area contributed by atoms with Crippen molar-refractivity contribution >= 4 is 28.2 Å². The van der Waals surface area contributed by atoms with Crippen LogP contribution in [-0.4, -0.2) is 58.7 Å². The van der Waals surface area contributed by atoms with Gasteiger partial charge in [0.2, 0.25) is 5.91 Å². The molecule has 0 bridgehead atoms. The van der Waals surface area contributed by atoms with Crippen LogP contribution in [0.5, 0.6) is 0 Å². The first-order valence-electron chi connectivity index (χ1n) is 11.9. The molecule has 2 aromatic heterocycles. The Morgan fingerprint density at radius 1 is 0.857 bits per heavy atom. The van der Waals surface area contributed by atoms with E-state index in [2.05, 4.69) is 42.4 Å². The predicted octanol–water partition coefficient (Wildman–Crippen LogP) is 2.84. The summed E-state index contributed by atoms with van der Waals surface area (Å²) < 4.78 is 0. The van der Waals surface area contributed by atoms with Gasteiger partial charge in [0.1, 0.15) is 0 Å². The van der Waals surface area contributed by atoms with Gasteiger partial charge in [-0.15, -0.1) is 5.10 Å². The van der Waals surface area contributed by atoms with Gasteiger partial charge in [-0.1, -0.05) is 36.4 Å². The zero-order chi connectivity index (χ0) is 24.0. The molecule has 3 heterocycles. The van der Waals surface area contributed by atoms with Gasteiger partial charge in [-0.25, -0.2) is 0 Å². The minimum Gasteiger partial charge on any atom is -0.352 e. The summed E-state index contributed by atoms with van der Waals surface area (Å²) in [4.78, 5) is 21.1. The van der Waals surface area contributed by atoms with Crippen molar-refractivity contribution in [3.63, 3.8) is 0 Å². The Kier molecular flexibility index (Phi) is 6.92. The number of hydrogen-bond acceptors (Lipinski definition) is 7. The Bertz CT molecular complexity index is 1290. The van der Waals surface area contributed by atoms with E-state index in [0.717, 1.165) is 65.3 Å². The number of aromatic nitrogens is 3. The first-order chi connectivity index (χ1) is 17.2. The highest BCUT2D eigenvalue weighted by atomic mass is 16.2. The molecule has 1 amide bonds. The maximum atomic E-state index is 12.5. The van der Waals surface area contributed by atoms with Crippen LogP contribution in [-0.2, 0) is 17.8 Å². The van der Waals surface area contributed by atoms with Gasteiger partial charge in [0.05, 0.1) is 12.2 Å². The summed E-state index contributed by atoms with van der Waals surface area (Å²) in [5, 5.41) is 14.4. The molecule has 0 spiro atoms. The maximum Gasteiger partial charge on any atom is 0.238 e. The van der Waals surface area contributed by atoms with E-state index in [1.807, 2.05) is 48.5 Å². The van der Waals surface area contributed by atoms with Crippen molar-refractivity contribution < 1.29 is 4.79 Å². The van der Waals surface area contributed by atoms with Crippen LogP contribution >= 0.6 is 0 Å². The molecule has 3 N–H and O–H groups in total. The molecule has 0 radical (unpaired) electrons. The molecule has 4 aromatic rings. The second kappa shape index (κ2) is 10.6. The zero-order valence-corrected chi connectivity index (χ0v) is 19.6. The summed E-state index contributed by atoms with van der Waals surface area (Å²) >= 11 is 0. The van der Waals surface area contributed by atoms with Crippen molar-refractivity contribution in [2.24, 2.45) is 5.73 Å². The summed E-state index contributed by atoms with van der Waals surface area (Å²) in [6.07, 6.45) is 4.32. The lowest BCUT2D eigenvalue weighted by molar-refractivity contribution is -0.117. The van der Waals surface area contributed by atoms with Gasteiger partial charge in [0.25, 0.3) is 0 Å². The van der Waals surface area contributed by atoms with E-state index in [-0.39, 0.29) is 5.91 Å². The number of piperazine rings is 1. The van der Waals surface area contributed by atoms with Crippen LogP contribution < -0.4 is 16.0 Å². The number of fused-ring (bicyclic) bond motifs is 1. The number of benzene rings is 2. The Labute approximate surface area is 204 Å². The van der Waals surface area contributed by atoms with Crippen LogP contribution in [0.2, 0.25) is 0 Å². The van der Waals surface area contributed by atoms with E-state index in [9.17, 15) is 4.79 Å². The number of anilines is 2. The van der Waals surface area contributed by atoms with Crippen molar-refractivity contribution in [1.82, 2.24) is 20.1 Å². The third-order valence-electron chi connectivity index (χ3n) is 6.38. The molecule has 0 saturated carbocycles. The average Bonchev–Trinajstić information content (AvgIpc) is 2.90. The molecule has 1 fully saturated rings. The van der Waals surface area contributed by atoms with Crippen molar-refractivity contribution in [1.29, 1.82) is 0 Å². The molecule has 5 rings (SSSR count). The maximum absolute atomic E-state index is 12.5. The smallest absolute Gasteiger partial charge is 0.238 e. The highest BCUT2D eigenvalue weighted by Crippen LogP contribution is 2.27. The number of pyridine rings is 1. The number of amides is 1. The fourth-order valence-corrected chi connectivity index (χ4v) is 4.45. The van der Waals surface area contributed by atoms with Gasteiger partial charge in [-0.2, -0.15) is 5.10 Å². The van der Waals surface area contributed by atoms with Gasteiger partial charge in [0, 0.05) is 68.0 Å². The van der Waals surface area contributed by atoms with Crippen molar-refractivity contribution in [3.05, 3.63) is 89.9 Å². The van der Waals surface area contributed by atoms with Crippen LogP contribution in [0.15, 0.2) is 73.1 Å². The molecule has 8 heteroatoms. The Morgan fingerprint density at radius 2 is 1.57 bits per heavy atom. The molecule has 1 aliphatic heterocycles.